The van der Waals surface area contributed by atoms with E-state index in [0.717, 1.165) is 52.5 Å². The number of benzene rings is 2. The number of rotatable bonds is 6. The molecule has 0 N–H and O–H groups in total. The second-order valence-corrected chi connectivity index (χ2v) is 8.46. The van der Waals surface area contributed by atoms with Crippen LogP contribution in [0.25, 0.3) is 22.6 Å². The third-order valence-corrected chi connectivity index (χ3v) is 6.56. The molecule has 8 heteroatoms. The molecule has 164 valence electrons. The van der Waals surface area contributed by atoms with Crippen LogP contribution >= 0.6 is 11.3 Å². The van der Waals surface area contributed by atoms with Crippen molar-refractivity contribution < 1.29 is 14.3 Å². The summed E-state index contributed by atoms with van der Waals surface area (Å²) in [4.78, 5) is 24.8. The summed E-state index contributed by atoms with van der Waals surface area (Å²) < 4.78 is 13.0. The fourth-order valence-corrected chi connectivity index (χ4v) is 5.00. The number of fused-ring (bicyclic) bond motifs is 1. The van der Waals surface area contributed by atoms with Crippen LogP contribution in [0.2, 0.25) is 0 Å². The summed E-state index contributed by atoms with van der Waals surface area (Å²) in [7, 11) is 3.30. The van der Waals surface area contributed by atoms with Crippen molar-refractivity contribution in [2.75, 3.05) is 20.8 Å². The number of hydrogen-bond acceptors (Lipinski definition) is 6. The fourth-order valence-electron chi connectivity index (χ4n) is 4.47. The number of likely N-dealkylation sites (tertiary alicyclic amines) is 1. The maximum absolute atomic E-state index is 13.6. The first kappa shape index (κ1) is 20.5. The van der Waals surface area contributed by atoms with Crippen LogP contribution in [-0.2, 0) is 11.3 Å². The number of carbonyl (C=O) groups excluding carboxylic acids is 1. The number of aromatic nitrogens is 3. The van der Waals surface area contributed by atoms with Crippen LogP contribution in [0.1, 0.15) is 24.4 Å². The predicted octanol–water partition coefficient (Wildman–Crippen LogP) is 4.54. The lowest BCUT2D eigenvalue weighted by Gasteiger charge is -2.27. The van der Waals surface area contributed by atoms with Crippen molar-refractivity contribution >= 4 is 28.3 Å². The first-order chi connectivity index (χ1) is 15.7. The van der Waals surface area contributed by atoms with Crippen LogP contribution in [0.5, 0.6) is 11.5 Å². The zero-order valence-corrected chi connectivity index (χ0v) is 18.8. The van der Waals surface area contributed by atoms with E-state index in [0.29, 0.717) is 6.54 Å². The molecule has 2 aromatic heterocycles. The number of ether oxygens (including phenoxy) is 2. The van der Waals surface area contributed by atoms with Crippen LogP contribution < -0.4 is 9.47 Å². The number of hydrogen-bond donors (Lipinski definition) is 0. The Bertz CT molecular complexity index is 1250. The van der Waals surface area contributed by atoms with Gasteiger partial charge in [-0.1, -0.05) is 12.1 Å². The number of amides is 1. The van der Waals surface area contributed by atoms with Gasteiger partial charge in [0.1, 0.15) is 23.7 Å². The van der Waals surface area contributed by atoms with Crippen LogP contribution in [0, 0.1) is 0 Å². The molecule has 1 saturated heterocycles. The van der Waals surface area contributed by atoms with Gasteiger partial charge in [0.2, 0.25) is 5.91 Å². The zero-order valence-electron chi connectivity index (χ0n) is 18.0. The largest absolute Gasteiger partial charge is 0.497 e. The number of para-hydroxylation sites is 2. The molecule has 0 aliphatic carbocycles. The first-order valence-corrected chi connectivity index (χ1v) is 11.5. The summed E-state index contributed by atoms with van der Waals surface area (Å²) in [5.41, 5.74) is 5.33. The summed E-state index contributed by atoms with van der Waals surface area (Å²) in [5.74, 6) is 2.30. The Hall–Kier alpha value is -3.39. The maximum Gasteiger partial charge on any atom is 0.243 e. The third-order valence-electron chi connectivity index (χ3n) is 5.98. The summed E-state index contributed by atoms with van der Waals surface area (Å²) in [6.45, 7) is 0.915. The predicted molar refractivity (Wildman–Crippen MR) is 124 cm³/mol. The van der Waals surface area contributed by atoms with Gasteiger partial charge in [0.25, 0.3) is 0 Å². The van der Waals surface area contributed by atoms with Crippen LogP contribution in [0.3, 0.4) is 0 Å². The topological polar surface area (TPSA) is 69.5 Å². The molecule has 1 aliphatic heterocycles. The van der Waals surface area contributed by atoms with E-state index in [1.54, 1.807) is 19.7 Å². The molecule has 4 aromatic rings. The molecule has 1 unspecified atom stereocenters. The smallest absolute Gasteiger partial charge is 0.243 e. The van der Waals surface area contributed by atoms with Gasteiger partial charge in [-0.05, 0) is 43.2 Å². The summed E-state index contributed by atoms with van der Waals surface area (Å²) >= 11 is 1.52. The van der Waals surface area contributed by atoms with Gasteiger partial charge < -0.3 is 18.9 Å². The lowest BCUT2D eigenvalue weighted by molar-refractivity contribution is -0.132. The van der Waals surface area contributed by atoms with E-state index in [1.807, 2.05) is 57.3 Å². The third kappa shape index (κ3) is 3.60. The van der Waals surface area contributed by atoms with Gasteiger partial charge in [-0.15, -0.1) is 11.3 Å². The highest BCUT2D eigenvalue weighted by atomic mass is 32.1. The van der Waals surface area contributed by atoms with Gasteiger partial charge in [0.05, 0.1) is 36.8 Å². The molecule has 1 amide bonds. The Morgan fingerprint density at radius 2 is 2.06 bits per heavy atom. The Morgan fingerprint density at radius 1 is 1.19 bits per heavy atom. The Balaban J connectivity index is 1.50. The van der Waals surface area contributed by atoms with Crippen molar-refractivity contribution in [1.82, 2.24) is 19.4 Å². The van der Waals surface area contributed by atoms with Gasteiger partial charge in [-0.3, -0.25) is 4.79 Å². The highest BCUT2D eigenvalue weighted by molar-refractivity contribution is 7.07. The minimum absolute atomic E-state index is 0.0509. The van der Waals surface area contributed by atoms with E-state index in [1.165, 1.54) is 11.3 Å². The molecule has 1 atom stereocenters. The normalized spacial score (nSPS) is 15.9. The summed E-state index contributed by atoms with van der Waals surface area (Å²) in [5, 5.41) is 1.96. The van der Waals surface area contributed by atoms with E-state index >= 15 is 0 Å². The SMILES string of the molecule is COc1ccc(OC)c(C2CCCN2C(=O)Cn2c(-c3cscn3)nc3ccccc32)c1. The second-order valence-electron chi connectivity index (χ2n) is 7.74. The van der Waals surface area contributed by atoms with E-state index in [-0.39, 0.29) is 18.5 Å². The lowest BCUT2D eigenvalue weighted by atomic mass is 10.0. The number of nitrogens with zero attached hydrogens (tertiary/aromatic N) is 4. The zero-order chi connectivity index (χ0) is 22.1. The summed E-state index contributed by atoms with van der Waals surface area (Å²) in [6, 6.07) is 13.6. The van der Waals surface area contributed by atoms with Crippen molar-refractivity contribution in [3.63, 3.8) is 0 Å². The molecule has 2 aromatic carbocycles. The highest BCUT2D eigenvalue weighted by Crippen LogP contribution is 2.39. The van der Waals surface area contributed by atoms with Crippen molar-refractivity contribution in [2.45, 2.75) is 25.4 Å². The van der Waals surface area contributed by atoms with Crippen molar-refractivity contribution in [2.24, 2.45) is 0 Å². The first-order valence-electron chi connectivity index (χ1n) is 10.5. The molecule has 3 heterocycles. The molecule has 0 spiro atoms. The minimum Gasteiger partial charge on any atom is -0.497 e. The van der Waals surface area contributed by atoms with Crippen LogP contribution in [-0.4, -0.2) is 46.1 Å². The average molecular weight is 449 g/mol. The quantitative estimate of drug-likeness (QED) is 0.433. The van der Waals surface area contributed by atoms with Gasteiger partial charge in [-0.2, -0.15) is 0 Å². The molecular formula is C24H24N4O3S. The van der Waals surface area contributed by atoms with E-state index in [9.17, 15) is 4.79 Å². The maximum atomic E-state index is 13.6. The van der Waals surface area contributed by atoms with E-state index in [2.05, 4.69) is 4.98 Å². The number of thiazole rings is 1. The molecule has 5 rings (SSSR count). The number of carbonyl (C=O) groups is 1. The van der Waals surface area contributed by atoms with Crippen LogP contribution in [0.4, 0.5) is 0 Å². The Morgan fingerprint density at radius 3 is 2.84 bits per heavy atom. The molecular weight excluding hydrogens is 424 g/mol. The molecule has 1 aliphatic rings. The van der Waals surface area contributed by atoms with E-state index in [4.69, 9.17) is 14.5 Å². The monoisotopic (exact) mass is 448 g/mol. The standard InChI is InChI=1S/C24H24N4O3S/c1-30-16-9-10-22(31-2)17(12-16)20-8-5-11-27(20)23(29)13-28-21-7-4-3-6-18(21)26-24(28)19-14-32-15-25-19/h3-4,6-7,9-10,12,14-15,20H,5,8,11,13H2,1-2H3. The molecule has 32 heavy (non-hydrogen) atoms. The lowest BCUT2D eigenvalue weighted by Crippen LogP contribution is -2.33. The molecule has 0 saturated carbocycles. The summed E-state index contributed by atoms with van der Waals surface area (Å²) in [6.07, 6.45) is 1.83. The average Bonchev–Trinajstić information content (AvgIpc) is 3.58. The molecule has 1 fully saturated rings. The fraction of sp³-hybridized carbons (Fsp3) is 0.292. The van der Waals surface area contributed by atoms with Crippen molar-refractivity contribution in [3.05, 3.63) is 58.9 Å². The van der Waals surface area contributed by atoms with Gasteiger partial charge in [-0.25, -0.2) is 9.97 Å². The highest BCUT2D eigenvalue weighted by Gasteiger charge is 2.33. The van der Waals surface area contributed by atoms with Gasteiger partial charge in [0, 0.05) is 17.5 Å². The van der Waals surface area contributed by atoms with E-state index < -0.39 is 0 Å². The molecule has 0 bridgehead atoms. The van der Waals surface area contributed by atoms with Crippen molar-refractivity contribution in [1.29, 1.82) is 0 Å². The Kier molecular flexibility index (Phi) is 5.53. The Labute approximate surface area is 190 Å². The number of methoxy groups -OCH3 is 2. The van der Waals surface area contributed by atoms with Gasteiger partial charge in [0.15, 0.2) is 5.82 Å². The van der Waals surface area contributed by atoms with Crippen molar-refractivity contribution in [3.8, 4) is 23.0 Å². The number of imidazole rings is 1. The molecule has 7 nitrogen and oxygen atoms in total. The second kappa shape index (κ2) is 8.63. The van der Waals surface area contributed by atoms with Crippen LogP contribution in [0.15, 0.2) is 53.4 Å². The molecule has 0 radical (unpaired) electrons. The minimum atomic E-state index is -0.0509. The van der Waals surface area contributed by atoms with Gasteiger partial charge >= 0.3 is 0 Å².